The fourth-order valence-corrected chi connectivity index (χ4v) is 6.34. The molecule has 1 aliphatic carbocycles. The molecule has 32 heavy (non-hydrogen) atoms. The zero-order chi connectivity index (χ0) is 22.5. The maximum atomic E-state index is 13.5. The average molecular weight is 462 g/mol. The SMILES string of the molecule is O=C(NC1CC1)N1CCC2(CC1)CN(S(=O)(=O)c1ccc(C(F)F)cc1)c1ccccc12. The van der Waals surface area contributed by atoms with E-state index in [-0.39, 0.29) is 28.4 Å². The van der Waals surface area contributed by atoms with Gasteiger partial charge in [0, 0.05) is 36.7 Å². The van der Waals surface area contributed by atoms with Crippen LogP contribution < -0.4 is 9.62 Å². The van der Waals surface area contributed by atoms with Crippen molar-refractivity contribution in [1.82, 2.24) is 10.2 Å². The smallest absolute Gasteiger partial charge is 0.317 e. The van der Waals surface area contributed by atoms with Crippen LogP contribution in [0.3, 0.4) is 0 Å². The molecule has 0 radical (unpaired) electrons. The highest BCUT2D eigenvalue weighted by Crippen LogP contribution is 2.48. The van der Waals surface area contributed by atoms with Crippen LogP contribution in [0.5, 0.6) is 0 Å². The van der Waals surface area contributed by atoms with E-state index in [1.807, 2.05) is 17.0 Å². The van der Waals surface area contributed by atoms with E-state index in [4.69, 9.17) is 0 Å². The number of urea groups is 1. The van der Waals surface area contributed by atoms with Crippen LogP contribution >= 0.6 is 0 Å². The molecule has 2 aromatic rings. The molecule has 9 heteroatoms. The van der Waals surface area contributed by atoms with E-state index in [1.165, 1.54) is 16.4 Å². The zero-order valence-electron chi connectivity index (χ0n) is 17.5. The van der Waals surface area contributed by atoms with Crippen LogP contribution in [0, 0.1) is 0 Å². The van der Waals surface area contributed by atoms with Crippen LogP contribution in [0.25, 0.3) is 0 Å². The molecule has 2 aliphatic heterocycles. The number of nitrogens with zero attached hydrogens (tertiary/aromatic N) is 2. The number of rotatable bonds is 4. The van der Waals surface area contributed by atoms with Crippen molar-refractivity contribution in [3.05, 3.63) is 59.7 Å². The van der Waals surface area contributed by atoms with Crippen molar-refractivity contribution in [2.45, 2.75) is 48.5 Å². The molecule has 1 spiro atoms. The quantitative estimate of drug-likeness (QED) is 0.747. The van der Waals surface area contributed by atoms with E-state index < -0.39 is 16.4 Å². The highest BCUT2D eigenvalue weighted by atomic mass is 32.2. The van der Waals surface area contributed by atoms with E-state index in [1.54, 1.807) is 12.1 Å². The first kappa shape index (κ1) is 21.2. The fraction of sp³-hybridized carbons (Fsp3) is 0.435. The van der Waals surface area contributed by atoms with Crippen molar-refractivity contribution in [2.75, 3.05) is 23.9 Å². The molecule has 2 aromatic carbocycles. The van der Waals surface area contributed by atoms with Gasteiger partial charge in [0.1, 0.15) is 0 Å². The Balaban J connectivity index is 1.40. The van der Waals surface area contributed by atoms with Crippen LogP contribution in [-0.2, 0) is 15.4 Å². The van der Waals surface area contributed by atoms with Gasteiger partial charge in [0.25, 0.3) is 16.4 Å². The monoisotopic (exact) mass is 461 g/mol. The Morgan fingerprint density at radius 2 is 1.69 bits per heavy atom. The van der Waals surface area contributed by atoms with Gasteiger partial charge in [-0.25, -0.2) is 22.0 Å². The predicted octanol–water partition coefficient (Wildman–Crippen LogP) is 4.04. The summed E-state index contributed by atoms with van der Waals surface area (Å²) in [5.41, 5.74) is 1.01. The number of fused-ring (bicyclic) bond motifs is 2. The van der Waals surface area contributed by atoms with Crippen molar-refractivity contribution < 1.29 is 22.0 Å². The molecule has 1 saturated heterocycles. The number of sulfonamides is 1. The molecule has 5 rings (SSSR count). The number of carbonyl (C=O) groups excluding carboxylic acids is 1. The highest BCUT2D eigenvalue weighted by Gasteiger charge is 2.48. The van der Waals surface area contributed by atoms with Gasteiger partial charge in [-0.2, -0.15) is 0 Å². The van der Waals surface area contributed by atoms with Gasteiger partial charge >= 0.3 is 6.03 Å². The number of carbonyl (C=O) groups is 1. The first-order valence-electron chi connectivity index (χ1n) is 10.9. The second-order valence-corrected chi connectivity index (χ2v) is 10.8. The summed E-state index contributed by atoms with van der Waals surface area (Å²) in [7, 11) is -3.91. The average Bonchev–Trinajstić information content (AvgIpc) is 3.56. The number of alkyl halides is 2. The summed E-state index contributed by atoms with van der Waals surface area (Å²) in [6.07, 6.45) is 0.741. The van der Waals surface area contributed by atoms with Gasteiger partial charge < -0.3 is 10.2 Å². The van der Waals surface area contributed by atoms with E-state index in [2.05, 4.69) is 5.32 Å². The molecule has 2 amide bonds. The Labute approximate surface area is 186 Å². The summed E-state index contributed by atoms with van der Waals surface area (Å²) >= 11 is 0. The van der Waals surface area contributed by atoms with Crippen molar-refractivity contribution in [1.29, 1.82) is 0 Å². The molecular formula is C23H25F2N3O3S. The standard InChI is InChI=1S/C23H25F2N3O3S/c24-21(25)16-5-9-18(10-6-16)32(30,31)28-15-23(19-3-1-2-4-20(19)28)11-13-27(14-12-23)22(29)26-17-7-8-17/h1-6,9-10,17,21H,7-8,11-15H2,(H,26,29). The molecule has 0 atom stereocenters. The van der Waals surface area contributed by atoms with Crippen LogP contribution in [0.4, 0.5) is 19.3 Å². The van der Waals surface area contributed by atoms with Gasteiger partial charge in [0.15, 0.2) is 0 Å². The minimum Gasteiger partial charge on any atom is -0.335 e. The molecule has 0 bridgehead atoms. The summed E-state index contributed by atoms with van der Waals surface area (Å²) in [4.78, 5) is 14.2. The molecule has 3 aliphatic rings. The van der Waals surface area contributed by atoms with Gasteiger partial charge in [-0.1, -0.05) is 30.3 Å². The van der Waals surface area contributed by atoms with Crippen molar-refractivity contribution in [3.8, 4) is 0 Å². The maximum absolute atomic E-state index is 13.5. The lowest BCUT2D eigenvalue weighted by atomic mass is 9.74. The summed E-state index contributed by atoms with van der Waals surface area (Å²) < 4.78 is 54.1. The second-order valence-electron chi connectivity index (χ2n) is 8.89. The summed E-state index contributed by atoms with van der Waals surface area (Å²) in [6.45, 7) is 1.40. The number of benzene rings is 2. The summed E-state index contributed by atoms with van der Waals surface area (Å²) in [6, 6.07) is 12.5. The number of nitrogens with one attached hydrogen (secondary N) is 1. The molecule has 0 unspecified atom stereocenters. The minimum atomic E-state index is -3.91. The zero-order valence-corrected chi connectivity index (χ0v) is 18.3. The third-order valence-corrected chi connectivity index (χ3v) is 8.60. The van der Waals surface area contributed by atoms with Crippen molar-refractivity contribution in [2.24, 2.45) is 0 Å². The van der Waals surface area contributed by atoms with Gasteiger partial charge in [-0.15, -0.1) is 0 Å². The van der Waals surface area contributed by atoms with Crippen LogP contribution in [-0.4, -0.2) is 45.0 Å². The number of anilines is 1. The largest absolute Gasteiger partial charge is 0.335 e. The number of hydrogen-bond donors (Lipinski definition) is 1. The van der Waals surface area contributed by atoms with Crippen LogP contribution in [0.2, 0.25) is 0 Å². The third-order valence-electron chi connectivity index (χ3n) is 6.82. The molecule has 2 heterocycles. The van der Waals surface area contributed by atoms with Gasteiger partial charge in [-0.05, 0) is 49.4 Å². The van der Waals surface area contributed by atoms with Gasteiger partial charge in [0.2, 0.25) is 0 Å². The Morgan fingerprint density at radius 1 is 1.03 bits per heavy atom. The van der Waals surface area contributed by atoms with Gasteiger partial charge in [-0.3, -0.25) is 4.31 Å². The highest BCUT2D eigenvalue weighted by molar-refractivity contribution is 7.92. The number of piperidine rings is 1. The normalized spacial score (nSPS) is 20.0. The number of halogens is 2. The molecule has 0 aromatic heterocycles. The molecule has 1 saturated carbocycles. The van der Waals surface area contributed by atoms with Crippen molar-refractivity contribution in [3.63, 3.8) is 0 Å². The number of amides is 2. The number of para-hydroxylation sites is 1. The summed E-state index contributed by atoms with van der Waals surface area (Å²) in [5.74, 6) is 0. The predicted molar refractivity (Wildman–Crippen MR) is 116 cm³/mol. The molecule has 1 N–H and O–H groups in total. The first-order chi connectivity index (χ1) is 15.3. The van der Waals surface area contributed by atoms with E-state index in [0.29, 0.717) is 37.7 Å². The lowest BCUT2D eigenvalue weighted by Crippen LogP contribution is -2.50. The minimum absolute atomic E-state index is 0.00463. The lowest BCUT2D eigenvalue weighted by Gasteiger charge is -2.39. The Bertz CT molecular complexity index is 1130. The van der Waals surface area contributed by atoms with Crippen LogP contribution in [0.15, 0.2) is 53.4 Å². The summed E-state index contributed by atoms with van der Waals surface area (Å²) in [5, 5.41) is 3.02. The number of hydrogen-bond acceptors (Lipinski definition) is 3. The van der Waals surface area contributed by atoms with E-state index in [9.17, 15) is 22.0 Å². The maximum Gasteiger partial charge on any atom is 0.317 e. The molecule has 2 fully saturated rings. The first-order valence-corrected chi connectivity index (χ1v) is 12.3. The van der Waals surface area contributed by atoms with Gasteiger partial charge in [0.05, 0.1) is 10.6 Å². The van der Waals surface area contributed by atoms with E-state index >= 15 is 0 Å². The van der Waals surface area contributed by atoms with Crippen LogP contribution in [0.1, 0.15) is 43.2 Å². The fourth-order valence-electron chi connectivity index (χ4n) is 4.77. The second kappa shape index (κ2) is 7.72. The molecular weight excluding hydrogens is 436 g/mol. The lowest BCUT2D eigenvalue weighted by molar-refractivity contribution is 0.151. The number of likely N-dealkylation sites (tertiary alicyclic amines) is 1. The Kier molecular flexibility index (Phi) is 5.11. The third kappa shape index (κ3) is 3.62. The van der Waals surface area contributed by atoms with E-state index in [0.717, 1.165) is 30.5 Å². The Morgan fingerprint density at radius 3 is 2.31 bits per heavy atom. The Hall–Kier alpha value is -2.68. The topological polar surface area (TPSA) is 69.7 Å². The molecule has 170 valence electrons. The molecule has 6 nitrogen and oxygen atoms in total. The van der Waals surface area contributed by atoms with Crippen molar-refractivity contribution >= 4 is 21.7 Å².